The maximum Gasteiger partial charge on any atom is 0.165 e. The highest BCUT2D eigenvalue weighted by molar-refractivity contribution is 5.35. The van der Waals surface area contributed by atoms with Crippen LogP contribution in [0.4, 0.5) is 4.39 Å². The molecule has 19 heavy (non-hydrogen) atoms. The monoisotopic (exact) mass is 271 g/mol. The topological polar surface area (TPSA) is 53.7 Å². The van der Waals surface area contributed by atoms with Gasteiger partial charge in [0, 0.05) is 20.3 Å². The maximum absolute atomic E-state index is 13.6. The van der Waals surface area contributed by atoms with Crippen LogP contribution in [0, 0.1) is 5.82 Å². The number of hydrogen-bond donors (Lipinski definition) is 1. The summed E-state index contributed by atoms with van der Waals surface area (Å²) in [5.41, 5.74) is 6.28. The Kier molecular flexibility index (Phi) is 8.13. The summed E-state index contributed by atoms with van der Waals surface area (Å²) in [5.74, 6) is -0.0706. The van der Waals surface area contributed by atoms with E-state index in [9.17, 15) is 4.39 Å². The molecule has 0 fully saturated rings. The van der Waals surface area contributed by atoms with Crippen molar-refractivity contribution in [3.8, 4) is 5.75 Å². The zero-order chi connectivity index (χ0) is 13.9. The summed E-state index contributed by atoms with van der Waals surface area (Å²) in [4.78, 5) is 0. The summed E-state index contributed by atoms with van der Waals surface area (Å²) < 4.78 is 29.3. The number of para-hydroxylation sites is 1. The SMILES string of the molecule is COCCCOCCOc1c(F)cccc1CCN. The Bertz CT molecular complexity index is 361. The fraction of sp³-hybridized carbons (Fsp3) is 0.571. The lowest BCUT2D eigenvalue weighted by molar-refractivity contribution is 0.0794. The number of rotatable bonds is 10. The van der Waals surface area contributed by atoms with E-state index in [1.165, 1.54) is 6.07 Å². The Hall–Kier alpha value is -1.17. The van der Waals surface area contributed by atoms with E-state index in [0.29, 0.717) is 39.4 Å². The van der Waals surface area contributed by atoms with Gasteiger partial charge in [0.1, 0.15) is 6.61 Å². The van der Waals surface area contributed by atoms with Gasteiger partial charge in [0.25, 0.3) is 0 Å². The van der Waals surface area contributed by atoms with Crippen LogP contribution in [0.5, 0.6) is 5.75 Å². The van der Waals surface area contributed by atoms with E-state index in [-0.39, 0.29) is 11.6 Å². The second-order valence-corrected chi connectivity index (χ2v) is 4.07. The summed E-state index contributed by atoms with van der Waals surface area (Å²) in [6.07, 6.45) is 1.44. The Morgan fingerprint density at radius 1 is 1.16 bits per heavy atom. The fourth-order valence-electron chi connectivity index (χ4n) is 1.68. The van der Waals surface area contributed by atoms with Crippen LogP contribution < -0.4 is 10.5 Å². The van der Waals surface area contributed by atoms with Gasteiger partial charge in [-0.2, -0.15) is 0 Å². The number of halogens is 1. The van der Waals surface area contributed by atoms with Crippen LogP contribution in [0.15, 0.2) is 18.2 Å². The zero-order valence-corrected chi connectivity index (χ0v) is 11.4. The first kappa shape index (κ1) is 15.9. The van der Waals surface area contributed by atoms with Gasteiger partial charge in [0.05, 0.1) is 6.61 Å². The van der Waals surface area contributed by atoms with E-state index in [0.717, 1.165) is 12.0 Å². The first-order chi connectivity index (χ1) is 9.29. The van der Waals surface area contributed by atoms with Crippen molar-refractivity contribution in [3.63, 3.8) is 0 Å². The minimum atomic E-state index is -0.356. The fourth-order valence-corrected chi connectivity index (χ4v) is 1.68. The smallest absolute Gasteiger partial charge is 0.165 e. The lowest BCUT2D eigenvalue weighted by Gasteiger charge is -2.12. The largest absolute Gasteiger partial charge is 0.488 e. The van der Waals surface area contributed by atoms with Crippen LogP contribution in [0.3, 0.4) is 0 Å². The molecule has 0 saturated heterocycles. The summed E-state index contributed by atoms with van der Waals surface area (Å²) in [6, 6.07) is 4.87. The van der Waals surface area contributed by atoms with Gasteiger partial charge in [0.2, 0.25) is 0 Å². The Balaban J connectivity index is 2.32. The van der Waals surface area contributed by atoms with Crippen LogP contribution in [-0.2, 0) is 15.9 Å². The van der Waals surface area contributed by atoms with Gasteiger partial charge in [-0.3, -0.25) is 0 Å². The van der Waals surface area contributed by atoms with Crippen molar-refractivity contribution in [2.75, 3.05) is 40.1 Å². The normalized spacial score (nSPS) is 10.7. The van der Waals surface area contributed by atoms with Gasteiger partial charge in [-0.1, -0.05) is 12.1 Å². The number of benzene rings is 1. The molecule has 0 spiro atoms. The number of hydrogen-bond acceptors (Lipinski definition) is 4. The molecule has 0 aliphatic rings. The standard InChI is InChI=1S/C14H22FNO3/c1-17-8-3-9-18-10-11-19-14-12(6-7-16)4-2-5-13(14)15/h2,4-5H,3,6-11,16H2,1H3. The van der Waals surface area contributed by atoms with Gasteiger partial charge in [-0.15, -0.1) is 0 Å². The van der Waals surface area contributed by atoms with Gasteiger partial charge in [-0.25, -0.2) is 4.39 Å². The molecule has 0 aliphatic heterocycles. The van der Waals surface area contributed by atoms with E-state index in [2.05, 4.69) is 0 Å². The molecule has 0 unspecified atom stereocenters. The number of nitrogens with two attached hydrogens (primary N) is 1. The second-order valence-electron chi connectivity index (χ2n) is 4.07. The molecule has 0 bridgehead atoms. The lowest BCUT2D eigenvalue weighted by Crippen LogP contribution is -2.11. The molecule has 0 radical (unpaired) electrons. The van der Waals surface area contributed by atoms with E-state index in [1.54, 1.807) is 13.2 Å². The lowest BCUT2D eigenvalue weighted by atomic mass is 10.1. The van der Waals surface area contributed by atoms with Crippen molar-refractivity contribution < 1.29 is 18.6 Å². The second kappa shape index (κ2) is 9.72. The summed E-state index contributed by atoms with van der Waals surface area (Å²) in [6.45, 7) is 2.51. The average molecular weight is 271 g/mol. The molecule has 4 nitrogen and oxygen atoms in total. The average Bonchev–Trinajstić information content (AvgIpc) is 2.41. The first-order valence-corrected chi connectivity index (χ1v) is 6.46. The minimum Gasteiger partial charge on any atom is -0.488 e. The van der Waals surface area contributed by atoms with Crippen molar-refractivity contribution in [1.29, 1.82) is 0 Å². The van der Waals surface area contributed by atoms with Crippen molar-refractivity contribution in [2.24, 2.45) is 5.73 Å². The molecule has 0 saturated carbocycles. The molecule has 5 heteroatoms. The molecule has 0 aliphatic carbocycles. The molecule has 0 atom stereocenters. The summed E-state index contributed by atoms with van der Waals surface area (Å²) in [5, 5.41) is 0. The molecule has 1 aromatic carbocycles. The number of ether oxygens (including phenoxy) is 3. The summed E-state index contributed by atoms with van der Waals surface area (Å²) >= 11 is 0. The molecule has 1 rings (SSSR count). The van der Waals surface area contributed by atoms with Gasteiger partial charge in [-0.05, 0) is 31.0 Å². The van der Waals surface area contributed by atoms with Gasteiger partial charge >= 0.3 is 0 Å². The zero-order valence-electron chi connectivity index (χ0n) is 11.4. The third-order valence-electron chi connectivity index (χ3n) is 2.57. The Labute approximate surface area is 113 Å². The highest BCUT2D eigenvalue weighted by atomic mass is 19.1. The van der Waals surface area contributed by atoms with E-state index in [4.69, 9.17) is 19.9 Å². The van der Waals surface area contributed by atoms with Gasteiger partial charge in [0.15, 0.2) is 11.6 Å². The predicted molar refractivity (Wildman–Crippen MR) is 72.0 cm³/mol. The predicted octanol–water partition coefficient (Wildman–Crippen LogP) is 1.76. The minimum absolute atomic E-state index is 0.286. The van der Waals surface area contributed by atoms with Crippen LogP contribution in [0.1, 0.15) is 12.0 Å². The molecule has 1 aromatic rings. The Morgan fingerprint density at radius 3 is 2.74 bits per heavy atom. The van der Waals surface area contributed by atoms with E-state index in [1.807, 2.05) is 6.07 Å². The maximum atomic E-state index is 13.6. The molecular weight excluding hydrogens is 249 g/mol. The van der Waals surface area contributed by atoms with Gasteiger partial charge < -0.3 is 19.9 Å². The quantitative estimate of drug-likeness (QED) is 0.659. The summed E-state index contributed by atoms with van der Waals surface area (Å²) in [7, 11) is 1.65. The molecule has 0 heterocycles. The Morgan fingerprint density at radius 2 is 2.00 bits per heavy atom. The molecule has 108 valence electrons. The first-order valence-electron chi connectivity index (χ1n) is 6.46. The highest BCUT2D eigenvalue weighted by Gasteiger charge is 2.08. The number of methoxy groups -OCH3 is 1. The van der Waals surface area contributed by atoms with Crippen molar-refractivity contribution in [2.45, 2.75) is 12.8 Å². The highest BCUT2D eigenvalue weighted by Crippen LogP contribution is 2.22. The molecule has 0 aromatic heterocycles. The van der Waals surface area contributed by atoms with Crippen LogP contribution in [0.2, 0.25) is 0 Å². The third kappa shape index (κ3) is 6.00. The van der Waals surface area contributed by atoms with E-state index >= 15 is 0 Å². The van der Waals surface area contributed by atoms with Crippen molar-refractivity contribution in [3.05, 3.63) is 29.6 Å². The van der Waals surface area contributed by atoms with E-state index < -0.39 is 0 Å². The van der Waals surface area contributed by atoms with Crippen molar-refractivity contribution >= 4 is 0 Å². The van der Waals surface area contributed by atoms with Crippen LogP contribution in [0.25, 0.3) is 0 Å². The molecular formula is C14H22FNO3. The molecule has 2 N–H and O–H groups in total. The van der Waals surface area contributed by atoms with Crippen LogP contribution >= 0.6 is 0 Å². The molecule has 0 amide bonds. The third-order valence-corrected chi connectivity index (χ3v) is 2.57. The van der Waals surface area contributed by atoms with Crippen molar-refractivity contribution in [1.82, 2.24) is 0 Å². The van der Waals surface area contributed by atoms with Crippen LogP contribution in [-0.4, -0.2) is 40.1 Å².